The first kappa shape index (κ1) is 9.70. The van der Waals surface area contributed by atoms with Crippen LogP contribution in [0.4, 0.5) is 4.79 Å². The summed E-state index contributed by atoms with van der Waals surface area (Å²) in [7, 11) is 0. The summed E-state index contributed by atoms with van der Waals surface area (Å²) in [6, 6.07) is 0. The summed E-state index contributed by atoms with van der Waals surface area (Å²) >= 11 is 0. The average molecular weight is 160 g/mol. The van der Waals surface area contributed by atoms with Crippen molar-refractivity contribution in [2.45, 2.75) is 6.42 Å². The van der Waals surface area contributed by atoms with Crippen LogP contribution >= 0.6 is 0 Å². The largest absolute Gasteiger partial charge is 0.448 e. The molecule has 0 aliphatic heterocycles. The van der Waals surface area contributed by atoms with Gasteiger partial charge in [0, 0.05) is 0 Å². The van der Waals surface area contributed by atoms with E-state index < -0.39 is 6.09 Å². The Bertz CT molecular complexity index is 153. The highest BCUT2D eigenvalue weighted by Gasteiger charge is 1.97. The van der Waals surface area contributed by atoms with E-state index in [0.717, 1.165) is 0 Å². The summed E-state index contributed by atoms with van der Waals surface area (Å²) in [5, 5.41) is 0. The van der Waals surface area contributed by atoms with Crippen LogP contribution in [-0.2, 0) is 4.74 Å². The van der Waals surface area contributed by atoms with Crippen LogP contribution in [0.5, 0.6) is 0 Å². The zero-order valence-corrected chi connectivity index (χ0v) is 6.12. The van der Waals surface area contributed by atoms with Crippen molar-refractivity contribution in [3.05, 3.63) is 0 Å². The number of carbonyl (C=O) groups is 1. The fourth-order valence-corrected chi connectivity index (χ4v) is 0.380. The molecule has 0 unspecified atom stereocenters. The number of carbonyl (C=O) groups excluding carboxylic acids is 1. The van der Waals surface area contributed by atoms with Gasteiger partial charge in [0.1, 0.15) is 0 Å². The van der Waals surface area contributed by atoms with E-state index in [9.17, 15) is 4.79 Å². The van der Waals surface area contributed by atoms with E-state index in [1.165, 1.54) is 0 Å². The Morgan fingerprint density at radius 2 is 2.09 bits per heavy atom. The Morgan fingerprint density at radius 3 is 2.55 bits per heavy atom. The molecule has 6 heteroatoms. The van der Waals surface area contributed by atoms with Crippen molar-refractivity contribution in [3.63, 3.8) is 0 Å². The molecule has 0 spiro atoms. The number of rotatable bonds is 3. The lowest BCUT2D eigenvalue weighted by Gasteiger charge is -1.98. The first-order valence-corrected chi connectivity index (χ1v) is 3.13. The summed E-state index contributed by atoms with van der Waals surface area (Å²) in [4.78, 5) is 13.6. The molecule has 0 atom stereocenters. The van der Waals surface area contributed by atoms with E-state index in [-0.39, 0.29) is 12.6 Å². The van der Waals surface area contributed by atoms with Gasteiger partial charge < -0.3 is 21.9 Å². The smallest absolute Gasteiger partial charge is 0.436 e. The third-order valence-corrected chi connectivity index (χ3v) is 0.794. The number of amides is 1. The van der Waals surface area contributed by atoms with Gasteiger partial charge in [-0.2, -0.15) is 0 Å². The van der Waals surface area contributed by atoms with E-state index in [1.807, 2.05) is 0 Å². The van der Waals surface area contributed by atoms with E-state index in [1.54, 1.807) is 0 Å². The van der Waals surface area contributed by atoms with E-state index in [2.05, 4.69) is 9.73 Å². The van der Waals surface area contributed by atoms with Crippen molar-refractivity contribution < 1.29 is 9.53 Å². The topological polar surface area (TPSA) is 117 Å². The first-order chi connectivity index (χ1) is 5.16. The summed E-state index contributed by atoms with van der Waals surface area (Å²) in [5.74, 6) is -0.303. The van der Waals surface area contributed by atoms with Gasteiger partial charge in [-0.25, -0.2) is 4.79 Å². The normalized spacial score (nSPS) is 8.82. The molecule has 6 N–H and O–H groups in total. The van der Waals surface area contributed by atoms with Gasteiger partial charge in [-0.1, -0.05) is 0 Å². The number of nitrogens with two attached hydrogens (primary N) is 3. The van der Waals surface area contributed by atoms with Crippen molar-refractivity contribution in [1.82, 2.24) is 0 Å². The van der Waals surface area contributed by atoms with Crippen LogP contribution in [0.15, 0.2) is 4.99 Å². The molecule has 0 saturated carbocycles. The molecule has 0 aromatic rings. The SMILES string of the molecule is NCCCOC(=O)N=C(N)N. The standard InChI is InChI=1S/C5H12N4O2/c6-2-1-3-11-5(10)9-4(7)8/h1-3,6H2,(H4,7,8,9,10). The van der Waals surface area contributed by atoms with Gasteiger partial charge >= 0.3 is 6.09 Å². The van der Waals surface area contributed by atoms with Crippen molar-refractivity contribution in [1.29, 1.82) is 0 Å². The Balaban J connectivity index is 3.46. The lowest BCUT2D eigenvalue weighted by molar-refractivity contribution is 0.156. The highest BCUT2D eigenvalue weighted by Crippen LogP contribution is 1.84. The van der Waals surface area contributed by atoms with Crippen LogP contribution in [0, 0.1) is 0 Å². The number of nitrogens with zero attached hydrogens (tertiary/aromatic N) is 1. The van der Waals surface area contributed by atoms with Crippen molar-refractivity contribution in [3.8, 4) is 0 Å². The zero-order chi connectivity index (χ0) is 8.69. The molecule has 0 bridgehead atoms. The van der Waals surface area contributed by atoms with Gasteiger partial charge in [-0.15, -0.1) is 4.99 Å². The lowest BCUT2D eigenvalue weighted by Crippen LogP contribution is -2.24. The molecule has 0 radical (unpaired) electrons. The zero-order valence-electron chi connectivity index (χ0n) is 6.12. The Labute approximate surface area is 64.4 Å². The van der Waals surface area contributed by atoms with Crippen molar-refractivity contribution in [2.24, 2.45) is 22.2 Å². The van der Waals surface area contributed by atoms with Crippen LogP contribution in [-0.4, -0.2) is 25.2 Å². The molecule has 0 aliphatic carbocycles. The molecule has 64 valence electrons. The molecule has 11 heavy (non-hydrogen) atoms. The fraction of sp³-hybridized carbons (Fsp3) is 0.600. The molecule has 1 amide bonds. The second-order valence-corrected chi connectivity index (χ2v) is 1.79. The Kier molecular flexibility index (Phi) is 4.83. The minimum absolute atomic E-state index is 0.242. The second-order valence-electron chi connectivity index (χ2n) is 1.79. The van der Waals surface area contributed by atoms with E-state index in [4.69, 9.17) is 17.2 Å². The van der Waals surface area contributed by atoms with Crippen LogP contribution < -0.4 is 17.2 Å². The Morgan fingerprint density at radius 1 is 1.45 bits per heavy atom. The van der Waals surface area contributed by atoms with Crippen LogP contribution in [0.3, 0.4) is 0 Å². The van der Waals surface area contributed by atoms with E-state index >= 15 is 0 Å². The fourth-order valence-electron chi connectivity index (χ4n) is 0.380. The predicted molar refractivity (Wildman–Crippen MR) is 40.8 cm³/mol. The third-order valence-electron chi connectivity index (χ3n) is 0.794. The highest BCUT2D eigenvalue weighted by molar-refractivity contribution is 5.87. The average Bonchev–Trinajstić information content (AvgIpc) is 1.86. The minimum Gasteiger partial charge on any atom is -0.448 e. The molecule has 6 nitrogen and oxygen atoms in total. The molecular weight excluding hydrogens is 148 g/mol. The maximum Gasteiger partial charge on any atom is 0.436 e. The van der Waals surface area contributed by atoms with Crippen LogP contribution in [0.25, 0.3) is 0 Å². The van der Waals surface area contributed by atoms with Crippen molar-refractivity contribution >= 4 is 12.1 Å². The van der Waals surface area contributed by atoms with E-state index in [0.29, 0.717) is 13.0 Å². The van der Waals surface area contributed by atoms with Gasteiger partial charge in [-0.05, 0) is 13.0 Å². The molecule has 0 aliphatic rings. The number of ether oxygens (including phenoxy) is 1. The lowest BCUT2D eigenvalue weighted by atomic mass is 10.5. The molecular formula is C5H12N4O2. The third kappa shape index (κ3) is 6.59. The van der Waals surface area contributed by atoms with Gasteiger partial charge in [-0.3, -0.25) is 0 Å². The number of guanidine groups is 1. The maximum absolute atomic E-state index is 10.5. The highest BCUT2D eigenvalue weighted by atomic mass is 16.5. The van der Waals surface area contributed by atoms with Crippen molar-refractivity contribution in [2.75, 3.05) is 13.2 Å². The summed E-state index contributed by atoms with van der Waals surface area (Å²) in [6.45, 7) is 0.710. The summed E-state index contributed by atoms with van der Waals surface area (Å²) in [5.41, 5.74) is 14.9. The molecule has 0 aromatic heterocycles. The van der Waals surface area contributed by atoms with Gasteiger partial charge in [0.25, 0.3) is 0 Å². The minimum atomic E-state index is -0.779. The molecule has 0 aromatic carbocycles. The monoisotopic (exact) mass is 160 g/mol. The van der Waals surface area contributed by atoms with Crippen LogP contribution in [0.1, 0.15) is 6.42 Å². The molecule has 0 heterocycles. The summed E-state index contributed by atoms with van der Waals surface area (Å²) < 4.78 is 4.53. The van der Waals surface area contributed by atoms with Gasteiger partial charge in [0.05, 0.1) is 6.61 Å². The quantitative estimate of drug-likeness (QED) is 0.271. The Hall–Kier alpha value is -1.30. The summed E-state index contributed by atoms with van der Waals surface area (Å²) in [6.07, 6.45) is -0.176. The van der Waals surface area contributed by atoms with Crippen LogP contribution in [0.2, 0.25) is 0 Å². The first-order valence-electron chi connectivity index (χ1n) is 3.13. The van der Waals surface area contributed by atoms with Gasteiger partial charge in [0.2, 0.25) is 0 Å². The maximum atomic E-state index is 10.5. The second kappa shape index (κ2) is 5.48. The number of hydrogen-bond acceptors (Lipinski definition) is 3. The predicted octanol–water partition coefficient (Wildman–Crippen LogP) is -1.25. The molecule has 0 rings (SSSR count). The molecule has 0 saturated heterocycles. The number of hydrogen-bond donors (Lipinski definition) is 3. The molecule has 0 fully saturated rings. The number of aliphatic imine (C=N–C) groups is 1. The van der Waals surface area contributed by atoms with Gasteiger partial charge in [0.15, 0.2) is 5.96 Å².